The number of amides is 1. The summed E-state index contributed by atoms with van der Waals surface area (Å²) < 4.78 is 0. The van der Waals surface area contributed by atoms with Crippen LogP contribution in [0, 0.1) is 5.41 Å². The first-order valence-electron chi connectivity index (χ1n) is 7.67. The molecule has 4 nitrogen and oxygen atoms in total. The molecule has 1 amide bonds. The van der Waals surface area contributed by atoms with Crippen LogP contribution in [0.2, 0.25) is 0 Å². The SMILES string of the molecule is CC(C)(C)C=O.CC(N)Cc1ccc2c(C(N)=O)cccc2c1. The van der Waals surface area contributed by atoms with Crippen molar-refractivity contribution in [3.8, 4) is 0 Å². The van der Waals surface area contributed by atoms with Crippen LogP contribution in [0.4, 0.5) is 0 Å². The first-order chi connectivity index (χ1) is 10.6. The fourth-order valence-corrected chi connectivity index (χ4v) is 2.05. The average Bonchev–Trinajstić information content (AvgIpc) is 2.45. The van der Waals surface area contributed by atoms with Gasteiger partial charge in [0.15, 0.2) is 0 Å². The molecule has 0 heterocycles. The van der Waals surface area contributed by atoms with Gasteiger partial charge in [0.25, 0.3) is 0 Å². The van der Waals surface area contributed by atoms with E-state index in [9.17, 15) is 9.59 Å². The lowest BCUT2D eigenvalue weighted by Crippen LogP contribution is -2.17. The van der Waals surface area contributed by atoms with Gasteiger partial charge in [0.2, 0.25) is 5.91 Å². The Morgan fingerprint density at radius 2 is 1.83 bits per heavy atom. The Morgan fingerprint density at radius 1 is 1.22 bits per heavy atom. The normalized spacial score (nSPS) is 12.2. The van der Waals surface area contributed by atoms with E-state index in [1.807, 2.05) is 52.0 Å². The zero-order valence-electron chi connectivity index (χ0n) is 14.3. The Morgan fingerprint density at radius 3 is 2.30 bits per heavy atom. The lowest BCUT2D eigenvalue weighted by Gasteiger charge is -2.08. The summed E-state index contributed by atoms with van der Waals surface area (Å²) in [4.78, 5) is 21.1. The van der Waals surface area contributed by atoms with Crippen LogP contribution in [0.15, 0.2) is 36.4 Å². The topological polar surface area (TPSA) is 86.2 Å². The minimum atomic E-state index is -0.393. The van der Waals surface area contributed by atoms with Crippen LogP contribution in [0.25, 0.3) is 10.8 Å². The van der Waals surface area contributed by atoms with Gasteiger partial charge < -0.3 is 16.3 Å². The third kappa shape index (κ3) is 6.20. The predicted octanol–water partition coefficient (Wildman–Crippen LogP) is 3.06. The number of hydrogen-bond donors (Lipinski definition) is 2. The van der Waals surface area contributed by atoms with Crippen molar-refractivity contribution < 1.29 is 9.59 Å². The summed E-state index contributed by atoms with van der Waals surface area (Å²) in [5.74, 6) is -0.393. The highest BCUT2D eigenvalue weighted by molar-refractivity contribution is 6.06. The highest BCUT2D eigenvalue weighted by atomic mass is 16.1. The monoisotopic (exact) mass is 314 g/mol. The molecule has 2 rings (SSSR count). The maximum atomic E-state index is 11.3. The highest BCUT2D eigenvalue weighted by Gasteiger charge is 2.07. The Hall–Kier alpha value is -2.20. The Labute approximate surface area is 137 Å². The number of fused-ring (bicyclic) bond motifs is 1. The van der Waals surface area contributed by atoms with Crippen LogP contribution < -0.4 is 11.5 Å². The summed E-state index contributed by atoms with van der Waals surface area (Å²) in [7, 11) is 0. The molecule has 1 unspecified atom stereocenters. The molecular formula is C19H26N2O2. The molecule has 0 fully saturated rings. The van der Waals surface area contributed by atoms with E-state index in [4.69, 9.17) is 11.5 Å². The second-order valence-electron chi connectivity index (χ2n) is 6.89. The molecule has 4 N–H and O–H groups in total. The molecule has 0 saturated heterocycles. The zero-order valence-corrected chi connectivity index (χ0v) is 14.3. The second-order valence-corrected chi connectivity index (χ2v) is 6.89. The minimum absolute atomic E-state index is 0.131. The molecule has 0 spiro atoms. The van der Waals surface area contributed by atoms with E-state index in [0.29, 0.717) is 5.56 Å². The van der Waals surface area contributed by atoms with E-state index in [0.717, 1.165) is 23.5 Å². The summed E-state index contributed by atoms with van der Waals surface area (Å²) in [6, 6.07) is 11.7. The van der Waals surface area contributed by atoms with Crippen molar-refractivity contribution in [2.45, 2.75) is 40.2 Å². The number of aldehydes is 1. The summed E-state index contributed by atoms with van der Waals surface area (Å²) >= 11 is 0. The van der Waals surface area contributed by atoms with Gasteiger partial charge in [0, 0.05) is 17.0 Å². The standard InChI is InChI=1S/C14H16N2O.C5H10O/c1-9(15)7-10-5-6-12-11(8-10)3-2-4-13(12)14(16)17;1-5(2,3)4-6/h2-6,8-9H,7,15H2,1H3,(H2,16,17);4H,1-3H3. The van der Waals surface area contributed by atoms with Gasteiger partial charge >= 0.3 is 0 Å². The van der Waals surface area contributed by atoms with Crippen molar-refractivity contribution in [1.29, 1.82) is 0 Å². The number of hydrogen-bond acceptors (Lipinski definition) is 3. The fraction of sp³-hybridized carbons (Fsp3) is 0.368. The van der Waals surface area contributed by atoms with Crippen molar-refractivity contribution >= 4 is 23.0 Å². The fourth-order valence-electron chi connectivity index (χ4n) is 2.05. The van der Waals surface area contributed by atoms with E-state index in [1.54, 1.807) is 6.07 Å². The quantitative estimate of drug-likeness (QED) is 0.854. The summed E-state index contributed by atoms with van der Waals surface area (Å²) in [5.41, 5.74) is 12.7. The number of benzene rings is 2. The van der Waals surface area contributed by atoms with Crippen LogP contribution in [0.1, 0.15) is 43.6 Å². The predicted molar refractivity (Wildman–Crippen MR) is 95.3 cm³/mol. The van der Waals surface area contributed by atoms with Crippen LogP contribution in [0.3, 0.4) is 0 Å². The van der Waals surface area contributed by atoms with E-state index in [-0.39, 0.29) is 11.5 Å². The summed E-state index contributed by atoms with van der Waals surface area (Å²) in [5, 5.41) is 1.92. The van der Waals surface area contributed by atoms with Gasteiger partial charge in [-0.25, -0.2) is 0 Å². The maximum absolute atomic E-state index is 11.3. The Balaban J connectivity index is 0.000000379. The van der Waals surface area contributed by atoms with Gasteiger partial charge in [-0.3, -0.25) is 4.79 Å². The van der Waals surface area contributed by atoms with Crippen LogP contribution >= 0.6 is 0 Å². The number of primary amides is 1. The van der Waals surface area contributed by atoms with Gasteiger partial charge in [-0.15, -0.1) is 0 Å². The molecule has 2 aromatic carbocycles. The molecule has 1 atom stereocenters. The maximum Gasteiger partial charge on any atom is 0.249 e. The van der Waals surface area contributed by atoms with E-state index >= 15 is 0 Å². The van der Waals surface area contributed by atoms with Crippen molar-refractivity contribution in [3.05, 3.63) is 47.5 Å². The first-order valence-corrected chi connectivity index (χ1v) is 7.67. The van der Waals surface area contributed by atoms with Crippen molar-refractivity contribution in [1.82, 2.24) is 0 Å². The molecular weight excluding hydrogens is 288 g/mol. The Bertz CT molecular complexity index is 685. The molecule has 0 bridgehead atoms. The summed E-state index contributed by atoms with van der Waals surface area (Å²) in [6.07, 6.45) is 1.77. The van der Waals surface area contributed by atoms with Gasteiger partial charge in [-0.1, -0.05) is 51.1 Å². The smallest absolute Gasteiger partial charge is 0.249 e. The van der Waals surface area contributed by atoms with E-state index in [1.165, 1.54) is 5.56 Å². The molecule has 0 aliphatic heterocycles. The number of rotatable bonds is 3. The molecule has 2 aromatic rings. The second kappa shape index (κ2) is 7.88. The van der Waals surface area contributed by atoms with Crippen LogP contribution in [-0.4, -0.2) is 18.2 Å². The summed E-state index contributed by atoms with van der Waals surface area (Å²) in [6.45, 7) is 7.60. The molecule has 0 radical (unpaired) electrons. The van der Waals surface area contributed by atoms with Crippen molar-refractivity contribution in [2.75, 3.05) is 0 Å². The lowest BCUT2D eigenvalue weighted by molar-refractivity contribution is -0.113. The first kappa shape index (κ1) is 18.8. The largest absolute Gasteiger partial charge is 0.366 e. The minimum Gasteiger partial charge on any atom is -0.366 e. The van der Waals surface area contributed by atoms with Crippen LogP contribution in [-0.2, 0) is 11.2 Å². The third-order valence-corrected chi connectivity index (χ3v) is 3.12. The van der Waals surface area contributed by atoms with Gasteiger partial charge in [-0.2, -0.15) is 0 Å². The zero-order chi connectivity index (χ0) is 17.6. The Kier molecular flexibility index (Phi) is 6.46. The van der Waals surface area contributed by atoms with E-state index in [2.05, 4.69) is 6.07 Å². The number of carbonyl (C=O) groups excluding carboxylic acids is 2. The number of nitrogens with two attached hydrogens (primary N) is 2. The molecule has 0 saturated carbocycles. The number of carbonyl (C=O) groups is 2. The average molecular weight is 314 g/mol. The van der Waals surface area contributed by atoms with Gasteiger partial charge in [0.05, 0.1) is 0 Å². The van der Waals surface area contributed by atoms with Gasteiger partial charge in [0.1, 0.15) is 6.29 Å². The van der Waals surface area contributed by atoms with E-state index < -0.39 is 5.91 Å². The van der Waals surface area contributed by atoms with Gasteiger partial charge in [-0.05, 0) is 35.7 Å². The van der Waals surface area contributed by atoms with Crippen molar-refractivity contribution in [2.24, 2.45) is 16.9 Å². The highest BCUT2D eigenvalue weighted by Crippen LogP contribution is 2.20. The third-order valence-electron chi connectivity index (χ3n) is 3.12. The molecule has 0 aliphatic rings. The molecule has 4 heteroatoms. The molecule has 0 aliphatic carbocycles. The van der Waals surface area contributed by atoms with Crippen molar-refractivity contribution in [3.63, 3.8) is 0 Å². The molecule has 23 heavy (non-hydrogen) atoms. The van der Waals surface area contributed by atoms with Crippen LogP contribution in [0.5, 0.6) is 0 Å². The molecule has 0 aromatic heterocycles. The molecule has 124 valence electrons. The lowest BCUT2D eigenvalue weighted by atomic mass is 9.99.